The summed E-state index contributed by atoms with van der Waals surface area (Å²) in [5.41, 5.74) is 6.33. The predicted molar refractivity (Wildman–Crippen MR) is 98.6 cm³/mol. The quantitative estimate of drug-likeness (QED) is 0.590. The first-order chi connectivity index (χ1) is 12.2. The average Bonchev–Trinajstić information content (AvgIpc) is 3.33. The van der Waals surface area contributed by atoms with Crippen LogP contribution in [0.15, 0.2) is 116 Å². The van der Waals surface area contributed by atoms with Crippen LogP contribution < -0.4 is 0 Å². The zero-order valence-electron chi connectivity index (χ0n) is 14.0. The normalized spacial score (nSPS) is 22.7. The van der Waals surface area contributed by atoms with Gasteiger partial charge in [0.15, 0.2) is 0 Å². The van der Waals surface area contributed by atoms with Crippen molar-refractivity contribution in [1.29, 1.82) is 0 Å². The summed E-state index contributed by atoms with van der Waals surface area (Å²) in [7, 11) is 0. The molecule has 0 spiro atoms. The van der Waals surface area contributed by atoms with Crippen molar-refractivity contribution < 1.29 is 18.4 Å². The Balaban J connectivity index is 0.00000168. The van der Waals surface area contributed by atoms with Gasteiger partial charge in [-0.25, -0.2) is 20.0 Å². The summed E-state index contributed by atoms with van der Waals surface area (Å²) in [4.78, 5) is 18.2. The SMILES string of the molecule is [2H]C1=CC2=CC3=NC(=CC4=NC(=CC5=NC(=CC1=N2)C=C5)C=C4)C=C3.[Fe]. The summed E-state index contributed by atoms with van der Waals surface area (Å²) in [5, 5.41) is 0. The molecule has 0 N–H and O–H groups in total. The molecule has 0 saturated heterocycles. The second kappa shape index (κ2) is 6.20. The Bertz CT molecular complexity index is 1080. The first-order valence-corrected chi connectivity index (χ1v) is 7.66. The van der Waals surface area contributed by atoms with Gasteiger partial charge in [-0.05, 0) is 72.9 Å². The molecule has 0 radical (unpaired) electrons. The molecule has 0 unspecified atom stereocenters. The van der Waals surface area contributed by atoms with E-state index in [1.165, 1.54) is 0 Å². The maximum absolute atomic E-state index is 8.11. The van der Waals surface area contributed by atoms with Crippen LogP contribution in [-0.2, 0) is 17.1 Å². The van der Waals surface area contributed by atoms with Gasteiger partial charge in [-0.1, -0.05) is 0 Å². The maximum Gasteiger partial charge on any atom is 0.0659 e. The van der Waals surface area contributed by atoms with Gasteiger partial charge in [-0.15, -0.1) is 0 Å². The second-order valence-corrected chi connectivity index (χ2v) is 5.67. The summed E-state index contributed by atoms with van der Waals surface area (Å²) in [6.07, 6.45) is 21.0. The molecule has 8 bridgehead atoms. The third-order valence-electron chi connectivity index (χ3n) is 3.84. The monoisotopic (exact) mass is 365 g/mol. The standard InChI is InChI=1S/C20H12N4.Fe/c1-2-14-10-16-5-6-18(23-16)12-20-8-7-19(24-20)11-17-4-3-15(22-17)9-13(1)21-14;/h1-12H;/i1D;. The van der Waals surface area contributed by atoms with Crippen LogP contribution in [0.1, 0.15) is 1.37 Å². The molecule has 5 heteroatoms. The third-order valence-corrected chi connectivity index (χ3v) is 3.84. The second-order valence-electron chi connectivity index (χ2n) is 5.67. The fourth-order valence-corrected chi connectivity index (χ4v) is 2.76. The maximum atomic E-state index is 8.11. The molecule has 0 aromatic rings. The predicted octanol–water partition coefficient (Wildman–Crippen LogP) is 3.58. The van der Waals surface area contributed by atoms with Gasteiger partial charge < -0.3 is 0 Å². The van der Waals surface area contributed by atoms with Crippen LogP contribution in [0.4, 0.5) is 0 Å². The van der Waals surface area contributed by atoms with Gasteiger partial charge in [-0.3, -0.25) is 0 Å². The summed E-state index contributed by atoms with van der Waals surface area (Å²) >= 11 is 0. The minimum absolute atomic E-state index is 0. The number of hydrogen-bond acceptors (Lipinski definition) is 4. The number of rotatable bonds is 0. The van der Waals surface area contributed by atoms with Crippen LogP contribution in [0.25, 0.3) is 0 Å². The number of aliphatic imine (C=N–C) groups is 4. The van der Waals surface area contributed by atoms with Crippen LogP contribution in [0, 0.1) is 0 Å². The summed E-state index contributed by atoms with van der Waals surface area (Å²) in [6, 6.07) is 0.379. The van der Waals surface area contributed by atoms with E-state index in [2.05, 4.69) is 20.0 Å². The van der Waals surface area contributed by atoms with Gasteiger partial charge >= 0.3 is 0 Å². The van der Waals surface area contributed by atoms with Gasteiger partial charge in [0.05, 0.1) is 47.0 Å². The van der Waals surface area contributed by atoms with Crippen molar-refractivity contribution in [3.63, 3.8) is 0 Å². The van der Waals surface area contributed by atoms with Crippen molar-refractivity contribution in [3.8, 4) is 0 Å². The van der Waals surface area contributed by atoms with Gasteiger partial charge in [-0.2, -0.15) is 0 Å². The zero-order chi connectivity index (χ0) is 16.8. The van der Waals surface area contributed by atoms with Crippen molar-refractivity contribution in [2.75, 3.05) is 0 Å². The molecule has 5 heterocycles. The molecule has 0 aliphatic carbocycles. The molecule has 4 nitrogen and oxygen atoms in total. The van der Waals surface area contributed by atoms with E-state index >= 15 is 0 Å². The van der Waals surface area contributed by atoms with Crippen molar-refractivity contribution in [3.05, 3.63) is 95.7 Å². The van der Waals surface area contributed by atoms with E-state index in [0.717, 1.165) is 39.9 Å². The zero-order valence-corrected chi connectivity index (χ0v) is 14.1. The average molecular weight is 365 g/mol. The number of nitrogens with zero attached hydrogens (tertiary/aromatic N) is 4. The van der Waals surface area contributed by atoms with E-state index < -0.39 is 0 Å². The van der Waals surface area contributed by atoms with Crippen molar-refractivity contribution in [2.24, 2.45) is 20.0 Å². The fourth-order valence-electron chi connectivity index (χ4n) is 2.76. The molecule has 0 amide bonds. The number of hydrogen-bond donors (Lipinski definition) is 0. The first kappa shape index (κ1) is 14.5. The van der Waals surface area contributed by atoms with Crippen LogP contribution in [-0.4, -0.2) is 22.8 Å². The van der Waals surface area contributed by atoms with Crippen LogP contribution >= 0.6 is 0 Å². The van der Waals surface area contributed by atoms with Crippen LogP contribution in [0.5, 0.6) is 0 Å². The molecular formula is C20H12FeN4. The molecular weight excluding hydrogens is 352 g/mol. The van der Waals surface area contributed by atoms with Crippen LogP contribution in [0.2, 0.25) is 0 Å². The van der Waals surface area contributed by atoms with E-state index in [-0.39, 0.29) is 17.1 Å². The van der Waals surface area contributed by atoms with Gasteiger partial charge in [0.1, 0.15) is 0 Å². The van der Waals surface area contributed by atoms with E-state index in [4.69, 9.17) is 1.37 Å². The molecule has 25 heavy (non-hydrogen) atoms. The Morgan fingerprint density at radius 1 is 0.480 bits per heavy atom. The molecule has 5 aliphatic heterocycles. The number of allylic oxidation sites excluding steroid dienone is 12. The Morgan fingerprint density at radius 2 is 0.840 bits per heavy atom. The third kappa shape index (κ3) is 3.20. The Hall–Kier alpha value is -2.88. The smallest absolute Gasteiger partial charge is 0.0659 e. The summed E-state index contributed by atoms with van der Waals surface area (Å²) in [6.45, 7) is 0. The molecule has 0 aromatic carbocycles. The summed E-state index contributed by atoms with van der Waals surface area (Å²) < 4.78 is 8.11. The molecule has 0 aromatic heterocycles. The van der Waals surface area contributed by atoms with E-state index in [1.54, 1.807) is 6.08 Å². The van der Waals surface area contributed by atoms with Gasteiger partial charge in [0.25, 0.3) is 0 Å². The van der Waals surface area contributed by atoms with E-state index in [0.29, 0.717) is 11.8 Å². The Labute approximate surface area is 157 Å². The molecule has 5 aliphatic rings. The van der Waals surface area contributed by atoms with E-state index in [9.17, 15) is 0 Å². The molecule has 5 rings (SSSR count). The van der Waals surface area contributed by atoms with Crippen molar-refractivity contribution in [1.82, 2.24) is 0 Å². The van der Waals surface area contributed by atoms with Crippen molar-refractivity contribution in [2.45, 2.75) is 0 Å². The van der Waals surface area contributed by atoms with Crippen molar-refractivity contribution >= 4 is 22.8 Å². The Kier molecular flexibility index (Phi) is 3.59. The minimum atomic E-state index is 0. The van der Waals surface area contributed by atoms with Crippen LogP contribution in [0.3, 0.4) is 0 Å². The van der Waals surface area contributed by atoms with E-state index in [1.807, 2.05) is 60.8 Å². The number of fused-ring (bicyclic) bond motifs is 4. The fraction of sp³-hybridized carbons (Fsp3) is 0. The molecule has 0 fully saturated rings. The molecule has 0 saturated carbocycles. The van der Waals surface area contributed by atoms with Gasteiger partial charge in [0.2, 0.25) is 0 Å². The Morgan fingerprint density at radius 3 is 1.32 bits per heavy atom. The van der Waals surface area contributed by atoms with Gasteiger partial charge in [0, 0.05) is 17.1 Å². The topological polar surface area (TPSA) is 49.4 Å². The first-order valence-electron chi connectivity index (χ1n) is 8.16. The molecule has 0 atom stereocenters. The molecule has 120 valence electrons. The largest absolute Gasteiger partial charge is 0.249 e. The minimum Gasteiger partial charge on any atom is -0.249 e. The summed E-state index contributed by atoms with van der Waals surface area (Å²) in [5.74, 6) is 0.